The van der Waals surface area contributed by atoms with Crippen LogP contribution in [-0.4, -0.2) is 67.4 Å². The van der Waals surface area contributed by atoms with Crippen LogP contribution in [-0.2, 0) is 19.1 Å². The molecular formula is C23H21BrN2O6. The zero-order chi connectivity index (χ0) is 22.7. The molecule has 0 bridgehead atoms. The summed E-state index contributed by atoms with van der Waals surface area (Å²) in [4.78, 5) is 53.0. The Labute approximate surface area is 193 Å². The van der Waals surface area contributed by atoms with Gasteiger partial charge in [0.15, 0.2) is 12.4 Å². The minimum Gasteiger partial charge on any atom is -0.454 e. The SMILES string of the molecule is O=C(COC(=O)c1ccc(N2C(=O)CC(N3CCOCC3)C2=O)cc1)c1ccc(Br)cc1. The molecule has 2 amide bonds. The van der Waals surface area contributed by atoms with E-state index in [-0.39, 0.29) is 36.2 Å². The Morgan fingerprint density at radius 3 is 2.25 bits per heavy atom. The fourth-order valence-corrected chi connectivity index (χ4v) is 4.01. The van der Waals surface area contributed by atoms with Crippen molar-refractivity contribution in [2.45, 2.75) is 12.5 Å². The third-order valence-corrected chi connectivity index (χ3v) is 6.00. The number of ether oxygens (including phenoxy) is 2. The maximum atomic E-state index is 12.9. The fraction of sp³-hybridized carbons (Fsp3) is 0.304. The van der Waals surface area contributed by atoms with Gasteiger partial charge in [-0.2, -0.15) is 0 Å². The Bertz CT molecular complexity index is 1030. The lowest BCUT2D eigenvalue weighted by atomic mass is 10.1. The van der Waals surface area contributed by atoms with Crippen molar-refractivity contribution in [1.82, 2.24) is 4.90 Å². The molecule has 2 aliphatic rings. The molecule has 8 nitrogen and oxygen atoms in total. The summed E-state index contributed by atoms with van der Waals surface area (Å²) < 4.78 is 11.3. The first kappa shape index (κ1) is 22.3. The molecule has 166 valence electrons. The van der Waals surface area contributed by atoms with Crippen LogP contribution in [0, 0.1) is 0 Å². The minimum absolute atomic E-state index is 0.126. The number of carbonyl (C=O) groups is 4. The standard InChI is InChI=1S/C23H21BrN2O6/c24-17-5-1-15(2-6-17)20(27)14-32-23(30)16-3-7-18(8-4-16)26-21(28)13-19(22(26)29)25-9-11-31-12-10-25/h1-8,19H,9-14H2. The second kappa shape index (κ2) is 9.72. The first-order valence-corrected chi connectivity index (χ1v) is 11.0. The third kappa shape index (κ3) is 4.79. The van der Waals surface area contributed by atoms with Crippen LogP contribution in [0.5, 0.6) is 0 Å². The average molecular weight is 501 g/mol. The molecule has 1 atom stereocenters. The predicted octanol–water partition coefficient (Wildman–Crippen LogP) is 2.45. The smallest absolute Gasteiger partial charge is 0.338 e. The molecule has 0 aromatic heterocycles. The summed E-state index contributed by atoms with van der Waals surface area (Å²) >= 11 is 3.30. The maximum Gasteiger partial charge on any atom is 0.338 e. The molecule has 2 aliphatic heterocycles. The second-order valence-electron chi connectivity index (χ2n) is 7.49. The molecule has 2 saturated heterocycles. The highest BCUT2D eigenvalue weighted by Gasteiger charge is 2.43. The zero-order valence-corrected chi connectivity index (χ0v) is 18.7. The van der Waals surface area contributed by atoms with E-state index in [0.717, 1.165) is 9.37 Å². The summed E-state index contributed by atoms with van der Waals surface area (Å²) in [6, 6.07) is 12.3. The lowest BCUT2D eigenvalue weighted by Gasteiger charge is -2.30. The van der Waals surface area contributed by atoms with E-state index >= 15 is 0 Å². The molecule has 0 radical (unpaired) electrons. The molecule has 4 rings (SSSR count). The van der Waals surface area contributed by atoms with Gasteiger partial charge in [0.25, 0.3) is 5.91 Å². The Morgan fingerprint density at radius 2 is 1.59 bits per heavy atom. The normalized spacial score (nSPS) is 19.3. The van der Waals surface area contributed by atoms with E-state index in [2.05, 4.69) is 15.9 Å². The number of morpholine rings is 1. The van der Waals surface area contributed by atoms with Gasteiger partial charge in [-0.15, -0.1) is 0 Å². The van der Waals surface area contributed by atoms with Crippen LogP contribution in [0.1, 0.15) is 27.1 Å². The average Bonchev–Trinajstić information content (AvgIpc) is 3.12. The molecule has 0 spiro atoms. The van der Waals surface area contributed by atoms with Crippen LogP contribution >= 0.6 is 15.9 Å². The molecule has 1 unspecified atom stereocenters. The fourth-order valence-electron chi connectivity index (χ4n) is 3.74. The second-order valence-corrected chi connectivity index (χ2v) is 8.40. The number of Topliss-reactive ketones (excluding diaryl/α,β-unsaturated/α-hetero) is 1. The van der Waals surface area contributed by atoms with E-state index in [1.807, 2.05) is 4.90 Å². The van der Waals surface area contributed by atoms with Gasteiger partial charge in [0.2, 0.25) is 5.91 Å². The Morgan fingerprint density at radius 1 is 0.969 bits per heavy atom. The predicted molar refractivity (Wildman–Crippen MR) is 118 cm³/mol. The van der Waals surface area contributed by atoms with Crippen molar-refractivity contribution >= 4 is 45.2 Å². The number of esters is 1. The van der Waals surface area contributed by atoms with Gasteiger partial charge >= 0.3 is 5.97 Å². The number of nitrogens with zero attached hydrogens (tertiary/aromatic N) is 2. The molecule has 0 aliphatic carbocycles. The summed E-state index contributed by atoms with van der Waals surface area (Å²) in [5.41, 5.74) is 1.07. The van der Waals surface area contributed by atoms with Gasteiger partial charge in [0.1, 0.15) is 0 Å². The van der Waals surface area contributed by atoms with E-state index in [9.17, 15) is 19.2 Å². The van der Waals surface area contributed by atoms with Crippen molar-refractivity contribution in [3.8, 4) is 0 Å². The summed E-state index contributed by atoms with van der Waals surface area (Å²) in [6.07, 6.45) is 0.126. The summed E-state index contributed by atoms with van der Waals surface area (Å²) in [6.45, 7) is 1.92. The van der Waals surface area contributed by atoms with E-state index in [1.165, 1.54) is 24.3 Å². The minimum atomic E-state index is -0.660. The number of anilines is 1. The quantitative estimate of drug-likeness (QED) is 0.341. The molecule has 2 aromatic carbocycles. The number of carbonyl (C=O) groups excluding carboxylic acids is 4. The number of hydrogen-bond donors (Lipinski definition) is 0. The number of rotatable bonds is 6. The highest BCUT2D eigenvalue weighted by Crippen LogP contribution is 2.26. The first-order valence-electron chi connectivity index (χ1n) is 10.2. The molecule has 32 heavy (non-hydrogen) atoms. The number of amides is 2. The third-order valence-electron chi connectivity index (χ3n) is 5.47. The molecule has 0 saturated carbocycles. The van der Waals surface area contributed by atoms with Crippen LogP contribution < -0.4 is 4.90 Å². The highest BCUT2D eigenvalue weighted by atomic mass is 79.9. The van der Waals surface area contributed by atoms with Crippen molar-refractivity contribution in [2.24, 2.45) is 0 Å². The van der Waals surface area contributed by atoms with E-state index in [1.54, 1.807) is 24.3 Å². The van der Waals surface area contributed by atoms with E-state index < -0.39 is 12.0 Å². The molecule has 0 N–H and O–H groups in total. The Balaban J connectivity index is 1.37. The van der Waals surface area contributed by atoms with Crippen molar-refractivity contribution < 1.29 is 28.7 Å². The Kier molecular flexibility index (Phi) is 6.78. The van der Waals surface area contributed by atoms with Crippen LogP contribution in [0.15, 0.2) is 53.0 Å². The van der Waals surface area contributed by atoms with Crippen molar-refractivity contribution in [3.05, 3.63) is 64.1 Å². The van der Waals surface area contributed by atoms with Gasteiger partial charge in [-0.3, -0.25) is 19.3 Å². The molecule has 9 heteroatoms. The van der Waals surface area contributed by atoms with Crippen molar-refractivity contribution in [3.63, 3.8) is 0 Å². The van der Waals surface area contributed by atoms with Crippen molar-refractivity contribution in [2.75, 3.05) is 37.8 Å². The zero-order valence-electron chi connectivity index (χ0n) is 17.2. The van der Waals surface area contributed by atoms with Gasteiger partial charge in [0, 0.05) is 23.1 Å². The summed E-state index contributed by atoms with van der Waals surface area (Å²) in [5.74, 6) is -1.52. The number of hydrogen-bond acceptors (Lipinski definition) is 7. The molecular weight excluding hydrogens is 480 g/mol. The highest BCUT2D eigenvalue weighted by molar-refractivity contribution is 9.10. The van der Waals surface area contributed by atoms with Crippen LogP contribution in [0.2, 0.25) is 0 Å². The van der Waals surface area contributed by atoms with E-state index in [0.29, 0.717) is 37.6 Å². The van der Waals surface area contributed by atoms with Gasteiger partial charge in [-0.1, -0.05) is 28.1 Å². The van der Waals surface area contributed by atoms with E-state index in [4.69, 9.17) is 9.47 Å². The summed E-state index contributed by atoms with van der Waals surface area (Å²) in [7, 11) is 0. The van der Waals surface area contributed by atoms with Gasteiger partial charge in [-0.25, -0.2) is 9.69 Å². The number of imide groups is 1. The molecule has 2 aromatic rings. The van der Waals surface area contributed by atoms with Gasteiger partial charge < -0.3 is 9.47 Å². The van der Waals surface area contributed by atoms with Crippen LogP contribution in [0.4, 0.5) is 5.69 Å². The van der Waals surface area contributed by atoms with Gasteiger partial charge in [-0.05, 0) is 36.4 Å². The number of halogens is 1. The molecule has 2 fully saturated rings. The maximum absolute atomic E-state index is 12.9. The molecule has 2 heterocycles. The van der Waals surface area contributed by atoms with Gasteiger partial charge in [0.05, 0.1) is 36.9 Å². The number of benzene rings is 2. The van der Waals surface area contributed by atoms with Crippen molar-refractivity contribution in [1.29, 1.82) is 0 Å². The van der Waals surface area contributed by atoms with Crippen LogP contribution in [0.25, 0.3) is 0 Å². The topological polar surface area (TPSA) is 93.2 Å². The lowest BCUT2D eigenvalue weighted by molar-refractivity contribution is -0.123. The number of ketones is 1. The summed E-state index contributed by atoms with van der Waals surface area (Å²) in [5, 5.41) is 0. The van der Waals surface area contributed by atoms with Crippen LogP contribution in [0.3, 0.4) is 0 Å². The largest absolute Gasteiger partial charge is 0.454 e. The lowest BCUT2D eigenvalue weighted by Crippen LogP contribution is -2.47. The first-order chi connectivity index (χ1) is 15.4. The monoisotopic (exact) mass is 500 g/mol. The Hall–Kier alpha value is -2.88.